The van der Waals surface area contributed by atoms with Gasteiger partial charge in [-0.1, -0.05) is 12.1 Å². The van der Waals surface area contributed by atoms with E-state index in [9.17, 15) is 0 Å². The second-order valence-electron chi connectivity index (χ2n) is 5.98. The first-order chi connectivity index (χ1) is 13.2. The monoisotopic (exact) mass is 371 g/mol. The average Bonchev–Trinajstić information content (AvgIpc) is 2.71. The summed E-state index contributed by atoms with van der Waals surface area (Å²) in [5, 5.41) is 6.42. The zero-order valence-electron chi connectivity index (χ0n) is 16.1. The number of unbranched alkanes of at least 4 members (excludes halogenated alkanes) is 1. The number of rotatable bonds is 11. The quantitative estimate of drug-likeness (QED) is 0.319. The number of nitrogens with two attached hydrogens (primary N) is 1. The van der Waals surface area contributed by atoms with Crippen molar-refractivity contribution >= 4 is 11.8 Å². The predicted molar refractivity (Wildman–Crippen MR) is 110 cm³/mol. The van der Waals surface area contributed by atoms with E-state index in [-0.39, 0.29) is 0 Å². The number of benzene rings is 1. The van der Waals surface area contributed by atoms with Gasteiger partial charge < -0.3 is 25.8 Å². The van der Waals surface area contributed by atoms with Gasteiger partial charge in [-0.2, -0.15) is 0 Å². The molecule has 0 saturated carbocycles. The van der Waals surface area contributed by atoms with E-state index in [1.54, 1.807) is 20.4 Å². The maximum Gasteiger partial charge on any atom is 0.188 e. The number of aliphatic imine (C=N–C) groups is 1. The minimum absolute atomic E-state index is 0.480. The Kier molecular flexibility index (Phi) is 8.76. The molecular formula is C20H29N5O2. The predicted octanol–water partition coefficient (Wildman–Crippen LogP) is 2.44. The van der Waals surface area contributed by atoms with Crippen LogP contribution in [0.25, 0.3) is 0 Å². The number of aromatic nitrogens is 1. The Morgan fingerprint density at radius 2 is 1.93 bits per heavy atom. The first-order valence-electron chi connectivity index (χ1n) is 9.12. The minimum atomic E-state index is 0.480. The van der Waals surface area contributed by atoms with Gasteiger partial charge >= 0.3 is 0 Å². The molecule has 0 aliphatic carbocycles. The first-order valence-corrected chi connectivity index (χ1v) is 9.12. The number of guanidine groups is 1. The molecule has 1 heterocycles. The lowest BCUT2D eigenvalue weighted by molar-refractivity contribution is 0.354. The molecule has 0 aliphatic rings. The molecule has 0 saturated heterocycles. The molecule has 0 radical (unpaired) electrons. The lowest BCUT2D eigenvalue weighted by atomic mass is 10.1. The summed E-state index contributed by atoms with van der Waals surface area (Å²) < 4.78 is 10.6. The smallest absolute Gasteiger partial charge is 0.188 e. The van der Waals surface area contributed by atoms with Crippen LogP contribution in [0.15, 0.2) is 47.6 Å². The summed E-state index contributed by atoms with van der Waals surface area (Å²) in [7, 11) is 3.27. The summed E-state index contributed by atoms with van der Waals surface area (Å²) in [5.41, 5.74) is 7.06. The Morgan fingerprint density at radius 1 is 1.07 bits per heavy atom. The van der Waals surface area contributed by atoms with E-state index < -0.39 is 0 Å². The van der Waals surface area contributed by atoms with Gasteiger partial charge in [-0.25, -0.2) is 4.98 Å². The zero-order chi connectivity index (χ0) is 19.3. The topological polar surface area (TPSA) is 93.8 Å². The maximum absolute atomic E-state index is 5.91. The fraction of sp³-hybridized carbons (Fsp3) is 0.400. The average molecular weight is 371 g/mol. The summed E-state index contributed by atoms with van der Waals surface area (Å²) in [6.07, 6.45) is 4.59. The minimum Gasteiger partial charge on any atom is -0.493 e. The fourth-order valence-electron chi connectivity index (χ4n) is 2.55. The summed E-state index contributed by atoms with van der Waals surface area (Å²) in [6.45, 7) is 2.30. The highest BCUT2D eigenvalue weighted by molar-refractivity contribution is 5.77. The Bertz CT molecular complexity index is 707. The number of hydrogen-bond acceptors (Lipinski definition) is 5. The molecule has 2 rings (SSSR count). The lowest BCUT2D eigenvalue weighted by Crippen LogP contribution is -2.33. The number of methoxy groups -OCH3 is 2. The maximum atomic E-state index is 5.91. The summed E-state index contributed by atoms with van der Waals surface area (Å²) in [5.74, 6) is 2.84. The summed E-state index contributed by atoms with van der Waals surface area (Å²) in [6, 6.07) is 11.7. The van der Waals surface area contributed by atoms with Crippen molar-refractivity contribution in [2.45, 2.75) is 19.3 Å². The van der Waals surface area contributed by atoms with Crippen molar-refractivity contribution in [1.29, 1.82) is 0 Å². The SMILES string of the molecule is COc1ccc(CCNC(N)=NCCCCNc2ccccn2)cc1OC. The van der Waals surface area contributed by atoms with Crippen LogP contribution in [0.1, 0.15) is 18.4 Å². The van der Waals surface area contributed by atoms with E-state index in [2.05, 4.69) is 20.6 Å². The highest BCUT2D eigenvalue weighted by Crippen LogP contribution is 2.27. The van der Waals surface area contributed by atoms with E-state index in [0.717, 1.165) is 48.7 Å². The Hall–Kier alpha value is -2.96. The number of ether oxygens (including phenoxy) is 2. The molecule has 146 valence electrons. The fourth-order valence-corrected chi connectivity index (χ4v) is 2.55. The van der Waals surface area contributed by atoms with Crippen LogP contribution in [0.4, 0.5) is 5.82 Å². The van der Waals surface area contributed by atoms with Crippen LogP contribution >= 0.6 is 0 Å². The van der Waals surface area contributed by atoms with E-state index in [0.29, 0.717) is 19.0 Å². The molecule has 4 N–H and O–H groups in total. The van der Waals surface area contributed by atoms with Gasteiger partial charge in [-0.05, 0) is 49.1 Å². The molecule has 1 aromatic carbocycles. The normalized spacial score (nSPS) is 11.1. The molecule has 0 bridgehead atoms. The van der Waals surface area contributed by atoms with Crippen LogP contribution in [0, 0.1) is 0 Å². The second kappa shape index (κ2) is 11.6. The summed E-state index contributed by atoms with van der Waals surface area (Å²) >= 11 is 0. The van der Waals surface area contributed by atoms with Gasteiger partial charge in [0.05, 0.1) is 14.2 Å². The number of nitrogens with one attached hydrogen (secondary N) is 2. The highest BCUT2D eigenvalue weighted by atomic mass is 16.5. The van der Waals surface area contributed by atoms with E-state index >= 15 is 0 Å². The largest absolute Gasteiger partial charge is 0.493 e. The van der Waals surface area contributed by atoms with Gasteiger partial charge in [-0.15, -0.1) is 0 Å². The second-order valence-corrected chi connectivity index (χ2v) is 5.98. The van der Waals surface area contributed by atoms with Crippen molar-refractivity contribution < 1.29 is 9.47 Å². The number of anilines is 1. The van der Waals surface area contributed by atoms with Crippen LogP contribution in [0.3, 0.4) is 0 Å². The van der Waals surface area contributed by atoms with Gasteiger partial charge in [0.2, 0.25) is 0 Å². The van der Waals surface area contributed by atoms with E-state index in [1.807, 2.05) is 36.4 Å². The van der Waals surface area contributed by atoms with Gasteiger partial charge in [0.15, 0.2) is 17.5 Å². The lowest BCUT2D eigenvalue weighted by Gasteiger charge is -2.10. The van der Waals surface area contributed by atoms with E-state index in [1.165, 1.54) is 0 Å². The van der Waals surface area contributed by atoms with Gasteiger partial charge in [0, 0.05) is 25.8 Å². The molecular weight excluding hydrogens is 342 g/mol. The van der Waals surface area contributed by atoms with Crippen molar-refractivity contribution in [1.82, 2.24) is 10.3 Å². The number of nitrogens with zero attached hydrogens (tertiary/aromatic N) is 2. The standard InChI is InChI=1S/C20H29N5O2/c1-26-17-9-8-16(15-18(17)27-2)10-14-25-20(21)24-13-6-5-12-23-19-7-3-4-11-22-19/h3-4,7-9,11,15H,5-6,10,12-14H2,1-2H3,(H,22,23)(H3,21,24,25). The van der Waals surface area contributed by atoms with E-state index in [4.69, 9.17) is 15.2 Å². The van der Waals surface area contributed by atoms with Crippen molar-refractivity contribution in [3.63, 3.8) is 0 Å². The van der Waals surface area contributed by atoms with Crippen molar-refractivity contribution in [3.05, 3.63) is 48.2 Å². The van der Waals surface area contributed by atoms with Crippen LogP contribution < -0.4 is 25.8 Å². The molecule has 0 unspecified atom stereocenters. The molecule has 0 fully saturated rings. The van der Waals surface area contributed by atoms with Crippen molar-refractivity contribution in [3.8, 4) is 11.5 Å². The number of hydrogen-bond donors (Lipinski definition) is 3. The zero-order valence-corrected chi connectivity index (χ0v) is 16.1. The molecule has 0 spiro atoms. The third-order valence-corrected chi connectivity index (χ3v) is 4.01. The van der Waals surface area contributed by atoms with Crippen LogP contribution in [0.5, 0.6) is 11.5 Å². The molecule has 0 amide bonds. The van der Waals surface area contributed by atoms with Crippen LogP contribution in [-0.4, -0.2) is 44.8 Å². The van der Waals surface area contributed by atoms with Crippen LogP contribution in [-0.2, 0) is 6.42 Å². The number of pyridine rings is 1. The highest BCUT2D eigenvalue weighted by Gasteiger charge is 2.04. The molecule has 27 heavy (non-hydrogen) atoms. The third-order valence-electron chi connectivity index (χ3n) is 4.01. The van der Waals surface area contributed by atoms with Crippen molar-refractivity contribution in [2.75, 3.05) is 39.2 Å². The molecule has 7 nitrogen and oxygen atoms in total. The third kappa shape index (κ3) is 7.43. The molecule has 0 atom stereocenters. The summed E-state index contributed by atoms with van der Waals surface area (Å²) in [4.78, 5) is 8.58. The van der Waals surface area contributed by atoms with Gasteiger partial charge in [0.25, 0.3) is 0 Å². The molecule has 1 aromatic heterocycles. The Morgan fingerprint density at radius 3 is 2.67 bits per heavy atom. The van der Waals surface area contributed by atoms with Crippen LogP contribution in [0.2, 0.25) is 0 Å². The van der Waals surface area contributed by atoms with Gasteiger partial charge in [0.1, 0.15) is 5.82 Å². The Labute approximate surface area is 161 Å². The molecule has 7 heteroatoms. The molecule has 2 aromatic rings. The van der Waals surface area contributed by atoms with Crippen molar-refractivity contribution in [2.24, 2.45) is 10.7 Å². The first kappa shape index (κ1) is 20.4. The molecule has 0 aliphatic heterocycles. The van der Waals surface area contributed by atoms with Gasteiger partial charge in [-0.3, -0.25) is 4.99 Å². The Balaban J connectivity index is 1.60.